The Bertz CT molecular complexity index is 1120. The van der Waals surface area contributed by atoms with Crippen LogP contribution >= 0.6 is 0 Å². The number of rotatable bonds is 5. The first-order valence-electron chi connectivity index (χ1n) is 8.66. The number of carboxylic acids is 1. The summed E-state index contributed by atoms with van der Waals surface area (Å²) in [5, 5.41) is 9.55. The summed E-state index contributed by atoms with van der Waals surface area (Å²) in [7, 11) is 0. The van der Waals surface area contributed by atoms with Crippen LogP contribution in [0.25, 0.3) is 22.3 Å². The molecule has 0 unspecified atom stereocenters. The van der Waals surface area contributed by atoms with Crippen LogP contribution in [0, 0.1) is 5.95 Å². The SMILES string of the molecule is O=C(O)c1cc(-c2cc[nH]c2F)ccc1Oc1ccc(-c2ccccc2)cc1. The Kier molecular flexibility index (Phi) is 4.64. The van der Waals surface area contributed by atoms with Gasteiger partial charge in [0, 0.05) is 11.8 Å². The Morgan fingerprint density at radius 3 is 2.18 bits per heavy atom. The van der Waals surface area contributed by atoms with Gasteiger partial charge in [0.1, 0.15) is 17.1 Å². The smallest absolute Gasteiger partial charge is 0.339 e. The topological polar surface area (TPSA) is 62.3 Å². The average molecular weight is 373 g/mol. The largest absolute Gasteiger partial charge is 0.478 e. The molecule has 0 aliphatic rings. The molecule has 138 valence electrons. The molecule has 0 atom stereocenters. The van der Waals surface area contributed by atoms with Crippen LogP contribution < -0.4 is 4.74 Å². The zero-order chi connectivity index (χ0) is 19.5. The number of aromatic carboxylic acids is 1. The number of carboxylic acid groups (broad SMARTS) is 1. The van der Waals surface area contributed by atoms with Crippen molar-refractivity contribution >= 4 is 5.97 Å². The lowest BCUT2D eigenvalue weighted by Crippen LogP contribution is -2.00. The summed E-state index contributed by atoms with van der Waals surface area (Å²) in [6.45, 7) is 0. The Hall–Kier alpha value is -3.86. The van der Waals surface area contributed by atoms with Crippen molar-refractivity contribution < 1.29 is 19.0 Å². The van der Waals surface area contributed by atoms with Gasteiger partial charge in [-0.05, 0) is 47.0 Å². The number of H-pyrrole nitrogens is 1. The fourth-order valence-corrected chi connectivity index (χ4v) is 3.00. The first-order valence-corrected chi connectivity index (χ1v) is 8.66. The van der Waals surface area contributed by atoms with Crippen molar-refractivity contribution in [2.45, 2.75) is 0 Å². The minimum atomic E-state index is -1.14. The van der Waals surface area contributed by atoms with E-state index in [2.05, 4.69) is 4.98 Å². The summed E-state index contributed by atoms with van der Waals surface area (Å²) in [4.78, 5) is 14.1. The Labute approximate surface area is 160 Å². The molecule has 4 rings (SSSR count). The second-order valence-electron chi connectivity index (χ2n) is 6.21. The lowest BCUT2D eigenvalue weighted by molar-refractivity contribution is 0.0694. The third-order valence-electron chi connectivity index (χ3n) is 4.41. The van der Waals surface area contributed by atoms with Gasteiger partial charge in [-0.2, -0.15) is 4.39 Å². The fourth-order valence-electron chi connectivity index (χ4n) is 3.00. The number of carbonyl (C=O) groups is 1. The summed E-state index contributed by atoms with van der Waals surface area (Å²) in [5.74, 6) is -0.947. The number of halogens is 1. The average Bonchev–Trinajstić information content (AvgIpc) is 3.15. The van der Waals surface area contributed by atoms with Gasteiger partial charge in [0.25, 0.3) is 0 Å². The molecule has 1 heterocycles. The predicted molar refractivity (Wildman–Crippen MR) is 105 cm³/mol. The quantitative estimate of drug-likeness (QED) is 0.452. The molecule has 0 radical (unpaired) electrons. The minimum absolute atomic E-state index is 0.0368. The molecule has 1 aromatic heterocycles. The molecule has 4 nitrogen and oxygen atoms in total. The monoisotopic (exact) mass is 373 g/mol. The number of ether oxygens (including phenoxy) is 1. The number of aromatic nitrogens is 1. The van der Waals surface area contributed by atoms with E-state index in [0.29, 0.717) is 16.9 Å². The molecule has 0 saturated carbocycles. The zero-order valence-corrected chi connectivity index (χ0v) is 14.7. The first kappa shape index (κ1) is 17.5. The zero-order valence-electron chi connectivity index (χ0n) is 14.7. The maximum absolute atomic E-state index is 13.8. The maximum Gasteiger partial charge on any atom is 0.339 e. The fraction of sp³-hybridized carbons (Fsp3) is 0. The molecule has 0 spiro atoms. The van der Waals surface area contributed by atoms with Crippen molar-refractivity contribution in [3.63, 3.8) is 0 Å². The Balaban J connectivity index is 1.62. The lowest BCUT2D eigenvalue weighted by Gasteiger charge is -2.11. The molecule has 2 N–H and O–H groups in total. The molecule has 0 aliphatic carbocycles. The molecule has 0 bridgehead atoms. The molecule has 3 aromatic carbocycles. The van der Waals surface area contributed by atoms with E-state index in [9.17, 15) is 14.3 Å². The van der Waals surface area contributed by atoms with Crippen molar-refractivity contribution in [3.8, 4) is 33.8 Å². The summed E-state index contributed by atoms with van der Waals surface area (Å²) in [6, 6.07) is 23.4. The van der Waals surface area contributed by atoms with Gasteiger partial charge in [0.05, 0.1) is 0 Å². The van der Waals surface area contributed by atoms with Crippen LogP contribution in [-0.2, 0) is 0 Å². The van der Waals surface area contributed by atoms with Gasteiger partial charge < -0.3 is 14.8 Å². The highest BCUT2D eigenvalue weighted by Crippen LogP contribution is 2.32. The van der Waals surface area contributed by atoms with Gasteiger partial charge in [0.2, 0.25) is 0 Å². The Morgan fingerprint density at radius 2 is 1.54 bits per heavy atom. The van der Waals surface area contributed by atoms with E-state index in [1.165, 1.54) is 18.3 Å². The molecule has 28 heavy (non-hydrogen) atoms. The van der Waals surface area contributed by atoms with Crippen LogP contribution in [0.5, 0.6) is 11.5 Å². The molecule has 0 fully saturated rings. The van der Waals surface area contributed by atoms with Crippen molar-refractivity contribution in [1.82, 2.24) is 4.98 Å². The molecular formula is C23H16FNO3. The normalized spacial score (nSPS) is 10.6. The van der Waals surface area contributed by atoms with Crippen molar-refractivity contribution in [3.05, 3.63) is 96.6 Å². The summed E-state index contributed by atoms with van der Waals surface area (Å²) in [5.41, 5.74) is 2.84. The molecule has 4 aromatic rings. The van der Waals surface area contributed by atoms with Gasteiger partial charge in [0.15, 0.2) is 5.95 Å². The number of hydrogen-bond donors (Lipinski definition) is 2. The van der Waals surface area contributed by atoms with Gasteiger partial charge in [-0.1, -0.05) is 48.5 Å². The van der Waals surface area contributed by atoms with Crippen LogP contribution in [0.4, 0.5) is 4.39 Å². The van der Waals surface area contributed by atoms with Crippen LogP contribution in [0.2, 0.25) is 0 Å². The van der Waals surface area contributed by atoms with E-state index in [-0.39, 0.29) is 11.3 Å². The van der Waals surface area contributed by atoms with Crippen molar-refractivity contribution in [2.24, 2.45) is 0 Å². The van der Waals surface area contributed by atoms with Crippen molar-refractivity contribution in [2.75, 3.05) is 0 Å². The predicted octanol–water partition coefficient (Wildman–Crippen LogP) is 5.98. The number of hydrogen-bond acceptors (Lipinski definition) is 2. The van der Waals surface area contributed by atoms with E-state index in [0.717, 1.165) is 11.1 Å². The highest BCUT2D eigenvalue weighted by Gasteiger charge is 2.16. The highest BCUT2D eigenvalue weighted by molar-refractivity contribution is 5.93. The van der Waals surface area contributed by atoms with Crippen LogP contribution in [0.3, 0.4) is 0 Å². The molecule has 0 aliphatic heterocycles. The highest BCUT2D eigenvalue weighted by atomic mass is 19.1. The van der Waals surface area contributed by atoms with E-state index in [1.807, 2.05) is 42.5 Å². The van der Waals surface area contributed by atoms with E-state index in [1.54, 1.807) is 24.3 Å². The van der Waals surface area contributed by atoms with Crippen LogP contribution in [-0.4, -0.2) is 16.1 Å². The standard InChI is InChI=1S/C23H16FNO3/c24-22-19(12-13-25-22)17-8-11-21(20(14-17)23(26)27)28-18-9-6-16(7-10-18)15-4-2-1-3-5-15/h1-14,25H,(H,26,27). The third kappa shape index (κ3) is 3.50. The maximum atomic E-state index is 13.8. The van der Waals surface area contributed by atoms with E-state index >= 15 is 0 Å². The number of benzene rings is 3. The van der Waals surface area contributed by atoms with Crippen molar-refractivity contribution in [1.29, 1.82) is 0 Å². The lowest BCUT2D eigenvalue weighted by atomic mass is 10.0. The minimum Gasteiger partial charge on any atom is -0.478 e. The molecule has 5 heteroatoms. The summed E-state index contributed by atoms with van der Waals surface area (Å²) in [6.07, 6.45) is 1.46. The Morgan fingerprint density at radius 1 is 0.857 bits per heavy atom. The van der Waals surface area contributed by atoms with Gasteiger partial charge >= 0.3 is 5.97 Å². The van der Waals surface area contributed by atoms with E-state index < -0.39 is 11.9 Å². The van der Waals surface area contributed by atoms with Gasteiger partial charge in [-0.3, -0.25) is 0 Å². The van der Waals surface area contributed by atoms with Crippen LogP contribution in [0.1, 0.15) is 10.4 Å². The van der Waals surface area contributed by atoms with Crippen LogP contribution in [0.15, 0.2) is 85.1 Å². The molecule has 0 amide bonds. The second kappa shape index (κ2) is 7.40. The summed E-state index contributed by atoms with van der Waals surface area (Å²) < 4.78 is 19.5. The first-order chi connectivity index (χ1) is 13.6. The number of nitrogens with one attached hydrogen (secondary N) is 1. The molecular weight excluding hydrogens is 357 g/mol. The number of aromatic amines is 1. The third-order valence-corrected chi connectivity index (χ3v) is 4.41. The van der Waals surface area contributed by atoms with Gasteiger partial charge in [-0.15, -0.1) is 0 Å². The second-order valence-corrected chi connectivity index (χ2v) is 6.21. The molecule has 0 saturated heterocycles. The van der Waals surface area contributed by atoms with Gasteiger partial charge in [-0.25, -0.2) is 4.79 Å². The summed E-state index contributed by atoms with van der Waals surface area (Å²) >= 11 is 0. The van der Waals surface area contributed by atoms with E-state index in [4.69, 9.17) is 4.74 Å².